The summed E-state index contributed by atoms with van der Waals surface area (Å²) in [7, 11) is 0. The fourth-order valence-corrected chi connectivity index (χ4v) is 3.04. The summed E-state index contributed by atoms with van der Waals surface area (Å²) in [5.74, 6) is 2.10. The molecule has 0 atom stereocenters. The lowest BCUT2D eigenvalue weighted by Gasteiger charge is -2.19. The number of nitrogens with zero attached hydrogens (tertiary/aromatic N) is 1. The van der Waals surface area contributed by atoms with E-state index in [0.717, 1.165) is 5.56 Å². The minimum absolute atomic E-state index is 0.280. The molecular weight excluding hydrogens is 392 g/mol. The molecule has 1 aliphatic rings. The van der Waals surface area contributed by atoms with E-state index >= 15 is 0 Å². The van der Waals surface area contributed by atoms with Crippen LogP contribution in [-0.4, -0.2) is 24.1 Å². The number of hydrogen-bond donors (Lipinski definition) is 1. The van der Waals surface area contributed by atoms with E-state index in [1.807, 2.05) is 6.07 Å². The summed E-state index contributed by atoms with van der Waals surface area (Å²) < 4.78 is 16.8. The van der Waals surface area contributed by atoms with Gasteiger partial charge in [-0.1, -0.05) is 17.7 Å². The number of carbonyl (C=O) groups is 1. The lowest BCUT2D eigenvalue weighted by molar-refractivity contribution is -0.111. The van der Waals surface area contributed by atoms with Crippen LogP contribution in [0.1, 0.15) is 5.56 Å². The summed E-state index contributed by atoms with van der Waals surface area (Å²) in [5, 5.41) is 3.26. The zero-order valence-corrected chi connectivity index (χ0v) is 16.1. The molecule has 1 N–H and O–H groups in total. The quantitative estimate of drug-likeness (QED) is 0.605. The van der Waals surface area contributed by atoms with E-state index in [2.05, 4.69) is 10.3 Å². The predicted octanol–water partition coefficient (Wildman–Crippen LogP) is 4.95. The Morgan fingerprint density at radius 1 is 1.07 bits per heavy atom. The van der Waals surface area contributed by atoms with Gasteiger partial charge in [0.15, 0.2) is 11.5 Å². The first-order valence-corrected chi connectivity index (χ1v) is 9.31. The lowest BCUT2D eigenvalue weighted by Crippen LogP contribution is -2.15. The molecule has 1 aliphatic heterocycles. The smallest absolute Gasteiger partial charge is 0.248 e. The second-order valence-electron chi connectivity index (χ2n) is 6.16. The van der Waals surface area contributed by atoms with Crippen LogP contribution in [0.15, 0.2) is 67.0 Å². The van der Waals surface area contributed by atoms with Crippen molar-refractivity contribution in [3.05, 3.63) is 77.6 Å². The molecule has 2 heterocycles. The molecule has 0 radical (unpaired) electrons. The van der Waals surface area contributed by atoms with E-state index in [0.29, 0.717) is 46.9 Å². The van der Waals surface area contributed by atoms with Crippen LogP contribution < -0.4 is 19.5 Å². The third kappa shape index (κ3) is 4.86. The van der Waals surface area contributed by atoms with Crippen molar-refractivity contribution in [1.29, 1.82) is 0 Å². The number of pyridine rings is 1. The van der Waals surface area contributed by atoms with Gasteiger partial charge in [-0.05, 0) is 48.0 Å². The van der Waals surface area contributed by atoms with Crippen LogP contribution in [0.2, 0.25) is 5.02 Å². The number of amides is 1. The van der Waals surface area contributed by atoms with E-state index in [1.54, 1.807) is 60.9 Å². The number of nitrogens with one attached hydrogen (secondary N) is 1. The standard InChI is InChI=1S/C22H17ClN2O4/c23-19-12-15(13-20-22(19)28-11-10-27-20)4-5-21(26)25-16-2-1-3-18(14-16)29-17-6-8-24-9-7-17/h1-9,12-14H,10-11H2,(H,25,26)/b5-4+. The Hall–Kier alpha value is -3.51. The number of benzene rings is 2. The van der Waals surface area contributed by atoms with Gasteiger partial charge in [0.1, 0.15) is 24.7 Å². The molecule has 0 aliphatic carbocycles. The summed E-state index contributed by atoms with van der Waals surface area (Å²) >= 11 is 6.22. The second-order valence-corrected chi connectivity index (χ2v) is 6.57. The highest BCUT2D eigenvalue weighted by Crippen LogP contribution is 2.38. The molecule has 0 spiro atoms. The first kappa shape index (κ1) is 18.8. The molecule has 1 amide bonds. The van der Waals surface area contributed by atoms with Crippen LogP contribution in [0.5, 0.6) is 23.0 Å². The number of ether oxygens (including phenoxy) is 3. The van der Waals surface area contributed by atoms with Crippen LogP contribution in [0.3, 0.4) is 0 Å². The molecule has 0 unspecified atom stereocenters. The summed E-state index contributed by atoms with van der Waals surface area (Å²) in [4.78, 5) is 16.2. The molecule has 7 heteroatoms. The van der Waals surface area contributed by atoms with Crippen molar-refractivity contribution in [2.75, 3.05) is 18.5 Å². The molecule has 2 aromatic carbocycles. The molecule has 4 rings (SSSR count). The average molecular weight is 409 g/mol. The molecule has 146 valence electrons. The Bertz CT molecular complexity index is 1050. The zero-order valence-electron chi connectivity index (χ0n) is 15.3. The third-order valence-corrected chi connectivity index (χ3v) is 4.31. The molecule has 6 nitrogen and oxygen atoms in total. The average Bonchev–Trinajstić information content (AvgIpc) is 2.73. The Kier molecular flexibility index (Phi) is 5.63. The number of halogens is 1. The summed E-state index contributed by atoms with van der Waals surface area (Å²) in [6.45, 7) is 0.934. The molecule has 0 bridgehead atoms. The van der Waals surface area contributed by atoms with Gasteiger partial charge in [-0.15, -0.1) is 0 Å². The Morgan fingerprint density at radius 2 is 1.90 bits per heavy atom. The second kappa shape index (κ2) is 8.67. The fraction of sp³-hybridized carbons (Fsp3) is 0.0909. The van der Waals surface area contributed by atoms with Crippen LogP contribution >= 0.6 is 11.6 Å². The van der Waals surface area contributed by atoms with Gasteiger partial charge in [0.25, 0.3) is 0 Å². The monoisotopic (exact) mass is 408 g/mol. The SMILES string of the molecule is O=C(/C=C/c1cc(Cl)c2c(c1)OCCO2)Nc1cccc(Oc2ccncc2)c1. The van der Waals surface area contributed by atoms with Gasteiger partial charge in [-0.25, -0.2) is 0 Å². The molecular formula is C22H17ClN2O4. The van der Waals surface area contributed by atoms with E-state index in [4.69, 9.17) is 25.8 Å². The molecule has 29 heavy (non-hydrogen) atoms. The summed E-state index contributed by atoms with van der Waals surface area (Å²) in [6.07, 6.45) is 6.39. The number of aromatic nitrogens is 1. The molecule has 0 fully saturated rings. The van der Waals surface area contributed by atoms with Gasteiger partial charge in [0.2, 0.25) is 5.91 Å². The van der Waals surface area contributed by atoms with Crippen molar-refractivity contribution in [2.24, 2.45) is 0 Å². The maximum atomic E-state index is 12.3. The minimum Gasteiger partial charge on any atom is -0.486 e. The van der Waals surface area contributed by atoms with Gasteiger partial charge >= 0.3 is 0 Å². The maximum absolute atomic E-state index is 12.3. The zero-order chi connectivity index (χ0) is 20.1. The van der Waals surface area contributed by atoms with Crippen molar-refractivity contribution < 1.29 is 19.0 Å². The van der Waals surface area contributed by atoms with E-state index < -0.39 is 0 Å². The van der Waals surface area contributed by atoms with Crippen LogP contribution in [0, 0.1) is 0 Å². The van der Waals surface area contributed by atoms with Crippen molar-refractivity contribution in [3.8, 4) is 23.0 Å². The van der Waals surface area contributed by atoms with Crippen molar-refractivity contribution in [2.45, 2.75) is 0 Å². The molecule has 1 aromatic heterocycles. The molecule has 0 saturated carbocycles. The Morgan fingerprint density at radius 3 is 2.76 bits per heavy atom. The van der Waals surface area contributed by atoms with Gasteiger partial charge < -0.3 is 19.5 Å². The topological polar surface area (TPSA) is 69.7 Å². The van der Waals surface area contributed by atoms with Crippen LogP contribution in [0.25, 0.3) is 6.08 Å². The lowest BCUT2D eigenvalue weighted by atomic mass is 10.1. The molecule has 3 aromatic rings. The van der Waals surface area contributed by atoms with E-state index in [9.17, 15) is 4.79 Å². The summed E-state index contributed by atoms with van der Waals surface area (Å²) in [5.41, 5.74) is 1.36. The molecule has 0 saturated heterocycles. The highest BCUT2D eigenvalue weighted by Gasteiger charge is 2.16. The first-order chi connectivity index (χ1) is 14.2. The highest BCUT2D eigenvalue weighted by atomic mass is 35.5. The van der Waals surface area contributed by atoms with Gasteiger partial charge in [0.05, 0.1) is 5.02 Å². The van der Waals surface area contributed by atoms with Gasteiger partial charge in [-0.3, -0.25) is 9.78 Å². The number of fused-ring (bicyclic) bond motifs is 1. The Labute approximate surface area is 172 Å². The van der Waals surface area contributed by atoms with Crippen molar-refractivity contribution >= 4 is 29.3 Å². The number of hydrogen-bond acceptors (Lipinski definition) is 5. The fourth-order valence-electron chi connectivity index (χ4n) is 2.76. The minimum atomic E-state index is -0.280. The largest absolute Gasteiger partial charge is 0.486 e. The third-order valence-electron chi connectivity index (χ3n) is 4.03. The number of rotatable bonds is 5. The van der Waals surface area contributed by atoms with Gasteiger partial charge in [0, 0.05) is 30.2 Å². The van der Waals surface area contributed by atoms with E-state index in [1.165, 1.54) is 6.08 Å². The number of carbonyl (C=O) groups excluding carboxylic acids is 1. The summed E-state index contributed by atoms with van der Waals surface area (Å²) in [6, 6.07) is 14.2. The predicted molar refractivity (Wildman–Crippen MR) is 111 cm³/mol. The Balaban J connectivity index is 1.42. The maximum Gasteiger partial charge on any atom is 0.248 e. The highest BCUT2D eigenvalue weighted by molar-refractivity contribution is 6.32. The van der Waals surface area contributed by atoms with E-state index in [-0.39, 0.29) is 5.91 Å². The van der Waals surface area contributed by atoms with Crippen LogP contribution in [-0.2, 0) is 4.79 Å². The van der Waals surface area contributed by atoms with Crippen molar-refractivity contribution in [3.63, 3.8) is 0 Å². The van der Waals surface area contributed by atoms with Gasteiger partial charge in [-0.2, -0.15) is 0 Å². The number of anilines is 1. The van der Waals surface area contributed by atoms with Crippen LogP contribution in [0.4, 0.5) is 5.69 Å². The van der Waals surface area contributed by atoms with Crippen molar-refractivity contribution in [1.82, 2.24) is 4.98 Å². The normalized spacial score (nSPS) is 12.6. The first-order valence-electron chi connectivity index (χ1n) is 8.93.